The molecule has 5 unspecified atom stereocenters. The van der Waals surface area contributed by atoms with Gasteiger partial charge in [-0.2, -0.15) is 0 Å². The third kappa shape index (κ3) is 3.29. The van der Waals surface area contributed by atoms with Gasteiger partial charge in [0.25, 0.3) is 0 Å². The van der Waals surface area contributed by atoms with E-state index in [2.05, 4.69) is 11.8 Å². The van der Waals surface area contributed by atoms with Crippen molar-refractivity contribution in [3.8, 4) is 11.8 Å². The summed E-state index contributed by atoms with van der Waals surface area (Å²) in [5, 5.41) is 2.10. The minimum absolute atomic E-state index is 0.0238. The van der Waals surface area contributed by atoms with Gasteiger partial charge in [0.15, 0.2) is 6.17 Å². The second kappa shape index (κ2) is 7.30. The fourth-order valence-corrected chi connectivity index (χ4v) is 3.57. The van der Waals surface area contributed by atoms with Gasteiger partial charge in [0.05, 0.1) is 0 Å². The zero-order chi connectivity index (χ0) is 17.1. The van der Waals surface area contributed by atoms with E-state index in [1.54, 1.807) is 0 Å². The highest BCUT2D eigenvalue weighted by atomic mass is 19.2. The number of benzene rings is 2. The van der Waals surface area contributed by atoms with Crippen LogP contribution in [0.2, 0.25) is 0 Å². The first kappa shape index (κ1) is 16.9. The summed E-state index contributed by atoms with van der Waals surface area (Å²) in [6, 6.07) is 13.7. The molecule has 0 spiro atoms. The van der Waals surface area contributed by atoms with Gasteiger partial charge < -0.3 is 0 Å². The van der Waals surface area contributed by atoms with Crippen LogP contribution < -0.4 is 0 Å². The molecule has 126 valence electrons. The smallest absolute Gasteiger partial charge is 0.162 e. The van der Waals surface area contributed by atoms with Crippen molar-refractivity contribution in [3.05, 3.63) is 48.0 Å². The topological polar surface area (TPSA) is 0 Å². The lowest BCUT2D eigenvalue weighted by atomic mass is 9.74. The summed E-state index contributed by atoms with van der Waals surface area (Å²) in [5.41, 5.74) is 0.844. The van der Waals surface area contributed by atoms with E-state index in [-0.39, 0.29) is 6.42 Å². The molecule has 0 N–H and O–H groups in total. The molecule has 1 saturated carbocycles. The van der Waals surface area contributed by atoms with E-state index < -0.39 is 30.4 Å². The summed E-state index contributed by atoms with van der Waals surface area (Å²) >= 11 is 0. The maximum Gasteiger partial charge on any atom is 0.162 e. The zero-order valence-electron chi connectivity index (χ0n) is 13.7. The van der Waals surface area contributed by atoms with Crippen molar-refractivity contribution < 1.29 is 13.2 Å². The summed E-state index contributed by atoms with van der Waals surface area (Å²) in [6.07, 6.45) is -4.30. The lowest BCUT2D eigenvalue weighted by Crippen LogP contribution is -2.44. The van der Waals surface area contributed by atoms with Crippen LogP contribution >= 0.6 is 0 Å². The van der Waals surface area contributed by atoms with Gasteiger partial charge in [-0.3, -0.25) is 0 Å². The van der Waals surface area contributed by atoms with Gasteiger partial charge >= 0.3 is 0 Å². The van der Waals surface area contributed by atoms with Crippen molar-refractivity contribution in [2.75, 3.05) is 0 Å². The van der Waals surface area contributed by atoms with Crippen molar-refractivity contribution in [1.29, 1.82) is 0 Å². The van der Waals surface area contributed by atoms with Crippen LogP contribution in [0.15, 0.2) is 42.5 Å². The normalized spacial score (nSPS) is 29.9. The van der Waals surface area contributed by atoms with E-state index in [0.29, 0.717) is 6.42 Å². The Morgan fingerprint density at radius 3 is 2.54 bits per heavy atom. The van der Waals surface area contributed by atoms with Crippen molar-refractivity contribution in [1.82, 2.24) is 0 Å². The Bertz CT molecular complexity index is 753. The fourth-order valence-electron chi connectivity index (χ4n) is 3.57. The van der Waals surface area contributed by atoms with Crippen LogP contribution in [-0.2, 0) is 0 Å². The first-order valence-corrected chi connectivity index (χ1v) is 8.53. The lowest BCUT2D eigenvalue weighted by Gasteiger charge is -2.35. The number of hydrogen-bond donors (Lipinski definition) is 0. The van der Waals surface area contributed by atoms with Gasteiger partial charge in [-0.05, 0) is 29.7 Å². The summed E-state index contributed by atoms with van der Waals surface area (Å²) in [6.45, 7) is 1.93. The third-order valence-corrected chi connectivity index (χ3v) is 4.86. The van der Waals surface area contributed by atoms with E-state index in [9.17, 15) is 13.2 Å². The number of rotatable bonds is 2. The Balaban J connectivity index is 1.92. The van der Waals surface area contributed by atoms with Gasteiger partial charge in [0.2, 0.25) is 0 Å². The molecule has 0 amide bonds. The van der Waals surface area contributed by atoms with Crippen molar-refractivity contribution in [2.45, 2.75) is 44.7 Å². The molecule has 5 atom stereocenters. The molecule has 0 radical (unpaired) electrons. The van der Waals surface area contributed by atoms with Gasteiger partial charge in [-0.25, -0.2) is 13.2 Å². The average molecular weight is 330 g/mol. The minimum Gasteiger partial charge on any atom is -0.244 e. The van der Waals surface area contributed by atoms with E-state index >= 15 is 0 Å². The molecule has 0 saturated heterocycles. The largest absolute Gasteiger partial charge is 0.244 e. The lowest BCUT2D eigenvalue weighted by molar-refractivity contribution is -0.0151. The van der Waals surface area contributed by atoms with E-state index in [1.807, 2.05) is 49.4 Å². The van der Waals surface area contributed by atoms with Crippen LogP contribution in [0.25, 0.3) is 10.8 Å². The molecule has 0 heterocycles. The monoisotopic (exact) mass is 330 g/mol. The summed E-state index contributed by atoms with van der Waals surface area (Å²) in [7, 11) is 0. The molecule has 1 aliphatic carbocycles. The second-order valence-electron chi connectivity index (χ2n) is 6.50. The highest BCUT2D eigenvalue weighted by Gasteiger charge is 2.45. The molecule has 0 aromatic heterocycles. The van der Waals surface area contributed by atoms with E-state index in [0.717, 1.165) is 22.8 Å². The molecular weight excluding hydrogens is 309 g/mol. The quantitative estimate of drug-likeness (QED) is 0.625. The molecule has 0 aliphatic heterocycles. The summed E-state index contributed by atoms with van der Waals surface area (Å²) in [4.78, 5) is 0. The van der Waals surface area contributed by atoms with Crippen molar-refractivity contribution in [2.24, 2.45) is 11.8 Å². The Labute approximate surface area is 141 Å². The predicted octanol–water partition coefficient (Wildman–Crippen LogP) is 5.64. The molecule has 2 aromatic rings. The Morgan fingerprint density at radius 2 is 1.75 bits per heavy atom. The molecule has 0 nitrogen and oxygen atoms in total. The molecule has 1 fully saturated rings. The first-order chi connectivity index (χ1) is 11.6. The molecule has 0 bridgehead atoms. The van der Waals surface area contributed by atoms with Crippen LogP contribution in [0, 0.1) is 23.7 Å². The molecular formula is C21H21F3. The molecule has 3 heteroatoms. The van der Waals surface area contributed by atoms with E-state index in [1.165, 1.54) is 0 Å². The van der Waals surface area contributed by atoms with Crippen molar-refractivity contribution >= 4 is 10.8 Å². The standard InChI is InChI=1S/C21H21F3/c1-2-6-18-16(13-19(22)21(24)20(18)23)12-11-15-9-5-8-14-7-3-4-10-17(14)15/h3-5,7-10,16,18-21H,2,6,13H2,1H3. The van der Waals surface area contributed by atoms with Gasteiger partial charge in [-0.15, -0.1) is 0 Å². The van der Waals surface area contributed by atoms with Crippen LogP contribution in [0.5, 0.6) is 0 Å². The van der Waals surface area contributed by atoms with Crippen LogP contribution in [0.3, 0.4) is 0 Å². The molecule has 24 heavy (non-hydrogen) atoms. The number of hydrogen-bond acceptors (Lipinski definition) is 0. The number of fused-ring (bicyclic) bond motifs is 1. The average Bonchev–Trinajstić information content (AvgIpc) is 2.61. The summed E-state index contributed by atoms with van der Waals surface area (Å²) < 4.78 is 41.7. The fraction of sp³-hybridized carbons (Fsp3) is 0.429. The number of halogens is 3. The van der Waals surface area contributed by atoms with Crippen LogP contribution in [0.1, 0.15) is 31.7 Å². The first-order valence-electron chi connectivity index (χ1n) is 8.53. The van der Waals surface area contributed by atoms with Crippen molar-refractivity contribution in [3.63, 3.8) is 0 Å². The summed E-state index contributed by atoms with van der Waals surface area (Å²) in [5.74, 6) is 5.17. The third-order valence-electron chi connectivity index (χ3n) is 4.86. The zero-order valence-corrected chi connectivity index (χ0v) is 13.7. The van der Waals surface area contributed by atoms with Gasteiger partial charge in [-0.1, -0.05) is 61.6 Å². The Kier molecular flexibility index (Phi) is 5.14. The van der Waals surface area contributed by atoms with Crippen LogP contribution in [-0.4, -0.2) is 18.5 Å². The predicted molar refractivity (Wildman–Crippen MR) is 92.0 cm³/mol. The Morgan fingerprint density at radius 1 is 1.00 bits per heavy atom. The SMILES string of the molecule is CCCC1C(C#Cc2cccc3ccccc23)CC(F)C(F)C1F. The maximum absolute atomic E-state index is 14.2. The Hall–Kier alpha value is -1.95. The molecule has 1 aliphatic rings. The number of alkyl halides is 3. The van der Waals surface area contributed by atoms with Crippen LogP contribution in [0.4, 0.5) is 13.2 Å². The molecule has 2 aromatic carbocycles. The molecule has 3 rings (SSSR count). The van der Waals surface area contributed by atoms with E-state index in [4.69, 9.17) is 0 Å². The minimum atomic E-state index is -2.02. The maximum atomic E-state index is 14.2. The highest BCUT2D eigenvalue weighted by Crippen LogP contribution is 2.38. The van der Waals surface area contributed by atoms with Gasteiger partial charge in [0.1, 0.15) is 12.3 Å². The second-order valence-corrected chi connectivity index (χ2v) is 6.50. The van der Waals surface area contributed by atoms with Gasteiger partial charge in [0, 0.05) is 17.4 Å². The highest BCUT2D eigenvalue weighted by molar-refractivity contribution is 5.88.